The third-order valence-electron chi connectivity index (χ3n) is 6.13. The number of nitrogens with zero attached hydrogens (tertiary/aromatic N) is 2. The van der Waals surface area contributed by atoms with Crippen molar-refractivity contribution in [1.29, 1.82) is 0 Å². The third-order valence-corrected chi connectivity index (χ3v) is 6.13. The molecule has 22 heavy (non-hydrogen) atoms. The minimum absolute atomic E-state index is 0.257. The summed E-state index contributed by atoms with van der Waals surface area (Å²) in [6.07, 6.45) is 4.07. The van der Waals surface area contributed by atoms with E-state index in [0.717, 1.165) is 11.8 Å². The van der Waals surface area contributed by atoms with E-state index in [1.807, 2.05) is 0 Å². The van der Waals surface area contributed by atoms with Gasteiger partial charge in [-0.25, -0.2) is 0 Å². The highest BCUT2D eigenvalue weighted by molar-refractivity contribution is 5.42. The minimum Gasteiger partial charge on any atom is -0.189 e. The summed E-state index contributed by atoms with van der Waals surface area (Å²) < 4.78 is 0. The van der Waals surface area contributed by atoms with Crippen LogP contribution in [0.15, 0.2) is 70.9 Å². The lowest BCUT2D eigenvalue weighted by Crippen LogP contribution is -2.39. The van der Waals surface area contributed by atoms with Gasteiger partial charge in [-0.1, -0.05) is 60.7 Å². The van der Waals surface area contributed by atoms with E-state index in [0.29, 0.717) is 12.0 Å². The largest absolute Gasteiger partial charge is 0.189 e. The zero-order chi connectivity index (χ0) is 14.6. The Balaban J connectivity index is 1.73. The van der Waals surface area contributed by atoms with Gasteiger partial charge in [0.05, 0.1) is 6.04 Å². The predicted molar refractivity (Wildman–Crippen MR) is 86.6 cm³/mol. The van der Waals surface area contributed by atoms with Crippen LogP contribution in [0.4, 0.5) is 0 Å². The molecule has 1 aliphatic heterocycles. The van der Waals surface area contributed by atoms with Gasteiger partial charge in [0.1, 0.15) is 5.54 Å². The number of fused-ring (bicyclic) bond motifs is 5. The Hall–Kier alpha value is -1.96. The summed E-state index contributed by atoms with van der Waals surface area (Å²) in [5, 5.41) is 9.77. The lowest BCUT2D eigenvalue weighted by atomic mass is 9.66. The van der Waals surface area contributed by atoms with Crippen molar-refractivity contribution in [2.75, 3.05) is 0 Å². The van der Waals surface area contributed by atoms with Crippen LogP contribution in [0.5, 0.6) is 0 Å². The lowest BCUT2D eigenvalue weighted by Gasteiger charge is -2.37. The van der Waals surface area contributed by atoms with Gasteiger partial charge in [-0.2, -0.15) is 10.2 Å². The first-order chi connectivity index (χ1) is 10.9. The van der Waals surface area contributed by atoms with Crippen LogP contribution in [-0.2, 0) is 5.54 Å². The van der Waals surface area contributed by atoms with E-state index in [-0.39, 0.29) is 5.54 Å². The van der Waals surface area contributed by atoms with E-state index in [1.54, 1.807) is 0 Å². The molecule has 2 bridgehead atoms. The number of rotatable bonds is 2. The number of hydrogen-bond donors (Lipinski definition) is 0. The van der Waals surface area contributed by atoms with Gasteiger partial charge in [0, 0.05) is 5.92 Å². The molecule has 0 aromatic heterocycles. The van der Waals surface area contributed by atoms with Crippen molar-refractivity contribution >= 4 is 0 Å². The quantitative estimate of drug-likeness (QED) is 0.757. The highest BCUT2D eigenvalue weighted by Crippen LogP contribution is 2.62. The van der Waals surface area contributed by atoms with Crippen LogP contribution in [0.2, 0.25) is 0 Å². The van der Waals surface area contributed by atoms with Gasteiger partial charge in [-0.3, -0.25) is 0 Å². The zero-order valence-electron chi connectivity index (χ0n) is 12.6. The summed E-state index contributed by atoms with van der Waals surface area (Å²) >= 11 is 0. The molecule has 0 amide bonds. The summed E-state index contributed by atoms with van der Waals surface area (Å²) in [4.78, 5) is 0. The Labute approximate surface area is 131 Å². The van der Waals surface area contributed by atoms with Gasteiger partial charge in [0.15, 0.2) is 0 Å². The monoisotopic (exact) mass is 288 g/mol. The molecule has 2 heteroatoms. The Bertz CT molecular complexity index is 668. The van der Waals surface area contributed by atoms with Crippen molar-refractivity contribution in [3.8, 4) is 0 Å². The maximum absolute atomic E-state index is 4.96. The Morgan fingerprint density at radius 1 is 0.773 bits per heavy atom. The van der Waals surface area contributed by atoms with Gasteiger partial charge >= 0.3 is 0 Å². The van der Waals surface area contributed by atoms with Crippen molar-refractivity contribution in [3.05, 3.63) is 71.8 Å². The van der Waals surface area contributed by atoms with Crippen molar-refractivity contribution in [2.24, 2.45) is 28.0 Å². The van der Waals surface area contributed by atoms with E-state index < -0.39 is 0 Å². The number of benzene rings is 2. The first-order valence-corrected chi connectivity index (χ1v) is 8.42. The Morgan fingerprint density at radius 2 is 1.36 bits per heavy atom. The number of hydrogen-bond acceptors (Lipinski definition) is 2. The van der Waals surface area contributed by atoms with Crippen LogP contribution in [0, 0.1) is 17.8 Å². The predicted octanol–water partition coefficient (Wildman–Crippen LogP) is 4.81. The average Bonchev–Trinajstić information content (AvgIpc) is 3.29. The molecular formula is C20H20N2. The van der Waals surface area contributed by atoms with Crippen LogP contribution in [-0.4, -0.2) is 6.04 Å². The van der Waals surface area contributed by atoms with E-state index in [9.17, 15) is 0 Å². The highest BCUT2D eigenvalue weighted by atomic mass is 15.2. The molecule has 5 rings (SSSR count). The fraction of sp³-hybridized carbons (Fsp3) is 0.400. The molecule has 0 unspecified atom stereocenters. The molecular weight excluding hydrogens is 268 g/mol. The van der Waals surface area contributed by atoms with Gasteiger partial charge in [-0.15, -0.1) is 0 Å². The smallest absolute Gasteiger partial charge is 0.136 e. The van der Waals surface area contributed by atoms with Crippen molar-refractivity contribution in [2.45, 2.75) is 30.8 Å². The van der Waals surface area contributed by atoms with Crippen LogP contribution < -0.4 is 0 Å². The molecule has 110 valence electrons. The molecule has 2 aromatic carbocycles. The fourth-order valence-corrected chi connectivity index (χ4v) is 5.29. The van der Waals surface area contributed by atoms with Gasteiger partial charge in [0.25, 0.3) is 0 Å². The van der Waals surface area contributed by atoms with Crippen LogP contribution in [0.25, 0.3) is 0 Å². The molecule has 0 N–H and O–H groups in total. The third kappa shape index (κ3) is 1.50. The summed E-state index contributed by atoms with van der Waals surface area (Å²) in [6.45, 7) is 0. The minimum atomic E-state index is -0.257. The molecule has 1 heterocycles. The first kappa shape index (κ1) is 12.6. The van der Waals surface area contributed by atoms with Crippen LogP contribution in [0.1, 0.15) is 30.4 Å². The maximum atomic E-state index is 4.96. The number of azo groups is 1. The molecule has 0 radical (unpaired) electrons. The SMILES string of the molecule is c1ccc(C2(c3ccccc3)N=N[C@H]3[C@H]4CC[C@H](C4)[C@H]32)cc1. The lowest BCUT2D eigenvalue weighted by molar-refractivity contribution is 0.236. The summed E-state index contributed by atoms with van der Waals surface area (Å²) in [5.74, 6) is 2.11. The molecule has 3 aliphatic rings. The van der Waals surface area contributed by atoms with E-state index >= 15 is 0 Å². The maximum Gasteiger partial charge on any atom is 0.136 e. The van der Waals surface area contributed by atoms with Crippen molar-refractivity contribution in [1.82, 2.24) is 0 Å². The second-order valence-corrected chi connectivity index (χ2v) is 7.06. The molecule has 2 aromatic rings. The molecule has 4 atom stereocenters. The molecule has 0 saturated heterocycles. The first-order valence-electron chi connectivity index (χ1n) is 8.42. The van der Waals surface area contributed by atoms with Gasteiger partial charge in [0.2, 0.25) is 0 Å². The zero-order valence-corrected chi connectivity index (χ0v) is 12.6. The van der Waals surface area contributed by atoms with E-state index in [4.69, 9.17) is 10.2 Å². The van der Waals surface area contributed by atoms with Gasteiger partial charge < -0.3 is 0 Å². The molecule has 2 saturated carbocycles. The van der Waals surface area contributed by atoms with Gasteiger partial charge in [-0.05, 0) is 42.2 Å². The topological polar surface area (TPSA) is 24.7 Å². The summed E-state index contributed by atoms with van der Waals surface area (Å²) in [5.41, 5.74) is 2.36. The van der Waals surface area contributed by atoms with Crippen molar-refractivity contribution in [3.63, 3.8) is 0 Å². The second-order valence-electron chi connectivity index (χ2n) is 7.06. The van der Waals surface area contributed by atoms with Crippen molar-refractivity contribution < 1.29 is 0 Å². The van der Waals surface area contributed by atoms with Crippen LogP contribution in [0.3, 0.4) is 0 Å². The van der Waals surface area contributed by atoms with Crippen LogP contribution >= 0.6 is 0 Å². The molecule has 2 aliphatic carbocycles. The molecule has 0 spiro atoms. The Morgan fingerprint density at radius 3 is 2.00 bits per heavy atom. The second kappa shape index (κ2) is 4.52. The molecule has 2 nitrogen and oxygen atoms in total. The van der Waals surface area contributed by atoms with E-state index in [2.05, 4.69) is 60.7 Å². The Kier molecular flexibility index (Phi) is 2.58. The van der Waals surface area contributed by atoms with E-state index in [1.165, 1.54) is 30.4 Å². The normalized spacial score (nSPS) is 34.0. The standard InChI is InChI=1S/C20H20N2/c1-3-7-16(8-4-1)20(17-9-5-2-6-10-17)18-14-11-12-15(13-14)19(18)21-22-20/h1-10,14-15,18-19H,11-13H2/t14-,15+,18-,19+/m1/s1. The summed E-state index contributed by atoms with van der Waals surface area (Å²) in [6, 6.07) is 22.1. The average molecular weight is 288 g/mol. The summed E-state index contributed by atoms with van der Waals surface area (Å²) in [7, 11) is 0. The fourth-order valence-electron chi connectivity index (χ4n) is 5.29. The molecule has 2 fully saturated rings. The highest BCUT2D eigenvalue weighted by Gasteiger charge is 2.61.